The number of carbonyl (C=O) groups is 1. The van der Waals surface area contributed by atoms with Gasteiger partial charge in [-0.25, -0.2) is 4.98 Å². The third-order valence-electron chi connectivity index (χ3n) is 0.881. The summed E-state index contributed by atoms with van der Waals surface area (Å²) in [5, 5.41) is 0.519. The monoisotopic (exact) mass is 154 g/mol. The highest BCUT2D eigenvalue weighted by Crippen LogP contribution is 2.14. The molecule has 1 aromatic heterocycles. The van der Waals surface area contributed by atoms with Crippen LogP contribution in [0, 0.1) is 0 Å². The lowest BCUT2D eigenvalue weighted by atomic mass is 10.5. The average molecular weight is 154 g/mol. The first-order chi connectivity index (χ1) is 4.83. The van der Waals surface area contributed by atoms with E-state index in [1.165, 1.54) is 17.4 Å². The third-order valence-corrected chi connectivity index (χ3v) is 1.67. The maximum absolute atomic E-state index is 9.85. The number of nitrogens with zero attached hydrogens (tertiary/aromatic N) is 1. The van der Waals surface area contributed by atoms with E-state index in [1.54, 1.807) is 12.3 Å². The molecule has 10 heavy (non-hydrogen) atoms. The summed E-state index contributed by atoms with van der Waals surface area (Å²) >= 11 is 1.35. The van der Waals surface area contributed by atoms with E-state index in [2.05, 4.69) is 4.98 Å². The second-order valence-corrected chi connectivity index (χ2v) is 2.69. The Hall–Kier alpha value is -1.16. The SMILES string of the molecule is Nc1ncc(C=CC=O)s1. The van der Waals surface area contributed by atoms with Crippen molar-refractivity contribution in [2.45, 2.75) is 0 Å². The van der Waals surface area contributed by atoms with Crippen LogP contribution in [0.5, 0.6) is 0 Å². The number of allylic oxidation sites excluding steroid dienone is 1. The highest BCUT2D eigenvalue weighted by molar-refractivity contribution is 7.16. The number of nitrogen functional groups attached to an aromatic ring is 1. The summed E-state index contributed by atoms with van der Waals surface area (Å²) < 4.78 is 0. The molecule has 52 valence electrons. The second kappa shape index (κ2) is 3.12. The number of aromatic nitrogens is 1. The number of hydrogen-bond acceptors (Lipinski definition) is 4. The number of thiazole rings is 1. The first-order valence-electron chi connectivity index (χ1n) is 2.66. The molecule has 3 nitrogen and oxygen atoms in total. The standard InChI is InChI=1S/C6H6N2OS/c7-6-8-4-5(10-6)2-1-3-9/h1-4H,(H2,7,8). The number of anilines is 1. The fraction of sp³-hybridized carbons (Fsp3) is 0. The Labute approximate surface area is 62.2 Å². The molecular weight excluding hydrogens is 148 g/mol. The van der Waals surface area contributed by atoms with Gasteiger partial charge in [0.05, 0.1) is 0 Å². The summed E-state index contributed by atoms with van der Waals surface area (Å²) in [5.74, 6) is 0. The van der Waals surface area contributed by atoms with Gasteiger partial charge in [0.25, 0.3) is 0 Å². The Morgan fingerprint density at radius 2 is 2.50 bits per heavy atom. The molecule has 0 aliphatic carbocycles. The van der Waals surface area contributed by atoms with Crippen LogP contribution < -0.4 is 5.73 Å². The smallest absolute Gasteiger partial charge is 0.180 e. The summed E-state index contributed by atoms with van der Waals surface area (Å²) in [7, 11) is 0. The van der Waals surface area contributed by atoms with Crippen molar-refractivity contribution in [3.05, 3.63) is 17.2 Å². The molecule has 0 saturated carbocycles. The average Bonchev–Trinajstić information content (AvgIpc) is 2.31. The van der Waals surface area contributed by atoms with Crippen LogP contribution in [0.15, 0.2) is 12.3 Å². The van der Waals surface area contributed by atoms with Crippen LogP contribution in [0.4, 0.5) is 5.13 Å². The van der Waals surface area contributed by atoms with Gasteiger partial charge >= 0.3 is 0 Å². The second-order valence-electron chi connectivity index (χ2n) is 1.60. The van der Waals surface area contributed by atoms with Gasteiger partial charge in [-0.1, -0.05) is 11.3 Å². The first-order valence-corrected chi connectivity index (χ1v) is 3.47. The molecule has 2 N–H and O–H groups in total. The Morgan fingerprint density at radius 1 is 1.70 bits per heavy atom. The van der Waals surface area contributed by atoms with Gasteiger partial charge in [-0.15, -0.1) is 0 Å². The zero-order valence-electron chi connectivity index (χ0n) is 5.15. The van der Waals surface area contributed by atoms with Gasteiger partial charge in [0.2, 0.25) is 0 Å². The first kappa shape index (κ1) is 6.95. The number of carbonyl (C=O) groups excluding carboxylic acids is 1. The van der Waals surface area contributed by atoms with E-state index in [4.69, 9.17) is 5.73 Å². The summed E-state index contributed by atoms with van der Waals surface area (Å²) in [6.45, 7) is 0. The van der Waals surface area contributed by atoms with E-state index in [9.17, 15) is 4.79 Å². The van der Waals surface area contributed by atoms with Crippen LogP contribution in [0.2, 0.25) is 0 Å². The van der Waals surface area contributed by atoms with E-state index >= 15 is 0 Å². The zero-order valence-corrected chi connectivity index (χ0v) is 5.97. The highest BCUT2D eigenvalue weighted by Gasteiger charge is 1.91. The lowest BCUT2D eigenvalue weighted by molar-refractivity contribution is -0.104. The van der Waals surface area contributed by atoms with E-state index in [-0.39, 0.29) is 0 Å². The quantitative estimate of drug-likeness (QED) is 0.509. The minimum absolute atomic E-state index is 0.519. The fourth-order valence-corrected chi connectivity index (χ4v) is 1.11. The molecule has 0 aliphatic heterocycles. The summed E-state index contributed by atoms with van der Waals surface area (Å²) in [6.07, 6.45) is 5.42. The van der Waals surface area contributed by atoms with Gasteiger partial charge in [0.1, 0.15) is 6.29 Å². The molecule has 0 atom stereocenters. The van der Waals surface area contributed by atoms with E-state index in [0.717, 1.165) is 11.2 Å². The van der Waals surface area contributed by atoms with Crippen molar-refractivity contribution >= 4 is 28.8 Å². The topological polar surface area (TPSA) is 56.0 Å². The van der Waals surface area contributed by atoms with E-state index < -0.39 is 0 Å². The predicted octanol–water partition coefficient (Wildman–Crippen LogP) is 0.937. The molecule has 0 bridgehead atoms. The lowest BCUT2D eigenvalue weighted by Crippen LogP contribution is -1.77. The van der Waals surface area contributed by atoms with E-state index in [0.29, 0.717) is 5.13 Å². The largest absolute Gasteiger partial charge is 0.375 e. The van der Waals surface area contributed by atoms with Crippen molar-refractivity contribution < 1.29 is 4.79 Å². The Kier molecular flexibility index (Phi) is 2.17. The molecule has 0 unspecified atom stereocenters. The van der Waals surface area contributed by atoms with Crippen LogP contribution >= 0.6 is 11.3 Å². The van der Waals surface area contributed by atoms with Crippen molar-refractivity contribution in [2.24, 2.45) is 0 Å². The molecule has 4 heteroatoms. The Morgan fingerprint density at radius 3 is 3.00 bits per heavy atom. The van der Waals surface area contributed by atoms with Gasteiger partial charge in [-0.2, -0.15) is 0 Å². The number of hydrogen-bond donors (Lipinski definition) is 1. The summed E-state index contributed by atoms with van der Waals surface area (Å²) in [4.78, 5) is 14.5. The summed E-state index contributed by atoms with van der Waals surface area (Å²) in [5.41, 5.74) is 5.34. The molecule has 0 radical (unpaired) electrons. The number of nitrogens with two attached hydrogens (primary N) is 1. The number of aldehydes is 1. The molecule has 1 rings (SSSR count). The molecule has 1 aromatic rings. The fourth-order valence-electron chi connectivity index (χ4n) is 0.512. The van der Waals surface area contributed by atoms with Crippen molar-refractivity contribution in [2.75, 3.05) is 5.73 Å². The minimum atomic E-state index is 0.519. The summed E-state index contributed by atoms with van der Waals surface area (Å²) in [6, 6.07) is 0. The highest BCUT2D eigenvalue weighted by atomic mass is 32.1. The minimum Gasteiger partial charge on any atom is -0.375 e. The molecular formula is C6H6N2OS. The molecule has 0 aromatic carbocycles. The molecule has 0 spiro atoms. The maximum Gasteiger partial charge on any atom is 0.180 e. The van der Waals surface area contributed by atoms with Gasteiger partial charge in [0, 0.05) is 11.1 Å². The normalized spacial score (nSPS) is 10.4. The van der Waals surface area contributed by atoms with Gasteiger partial charge in [-0.05, 0) is 12.2 Å². The van der Waals surface area contributed by atoms with Gasteiger partial charge in [0.15, 0.2) is 5.13 Å². The third kappa shape index (κ3) is 1.66. The number of rotatable bonds is 2. The van der Waals surface area contributed by atoms with Crippen LogP contribution in [0.1, 0.15) is 4.88 Å². The molecule has 0 aliphatic rings. The molecule has 0 amide bonds. The predicted molar refractivity (Wildman–Crippen MR) is 41.6 cm³/mol. The van der Waals surface area contributed by atoms with Crippen molar-refractivity contribution in [3.63, 3.8) is 0 Å². The van der Waals surface area contributed by atoms with Crippen LogP contribution in [0.25, 0.3) is 6.08 Å². The Bertz CT molecular complexity index is 254. The molecule has 1 heterocycles. The molecule has 0 fully saturated rings. The van der Waals surface area contributed by atoms with Crippen molar-refractivity contribution in [1.29, 1.82) is 0 Å². The lowest BCUT2D eigenvalue weighted by Gasteiger charge is -1.74. The maximum atomic E-state index is 9.85. The van der Waals surface area contributed by atoms with Gasteiger partial charge < -0.3 is 5.73 Å². The van der Waals surface area contributed by atoms with E-state index in [1.807, 2.05) is 0 Å². The molecule has 0 saturated heterocycles. The zero-order chi connectivity index (χ0) is 7.40. The Balaban J connectivity index is 2.75. The van der Waals surface area contributed by atoms with Crippen molar-refractivity contribution in [3.8, 4) is 0 Å². The van der Waals surface area contributed by atoms with Crippen LogP contribution in [0.3, 0.4) is 0 Å². The van der Waals surface area contributed by atoms with Crippen molar-refractivity contribution in [1.82, 2.24) is 4.98 Å². The van der Waals surface area contributed by atoms with Crippen LogP contribution in [-0.4, -0.2) is 11.3 Å². The van der Waals surface area contributed by atoms with Crippen LogP contribution in [-0.2, 0) is 4.79 Å². The van der Waals surface area contributed by atoms with Gasteiger partial charge in [-0.3, -0.25) is 4.79 Å².